The molecule has 0 unspecified atom stereocenters. The van der Waals surface area contributed by atoms with Gasteiger partial charge in [0.25, 0.3) is 0 Å². The van der Waals surface area contributed by atoms with E-state index in [4.69, 9.17) is 4.74 Å². The molecule has 0 radical (unpaired) electrons. The van der Waals surface area contributed by atoms with Gasteiger partial charge in [0.05, 0.1) is 12.6 Å². The average Bonchev–Trinajstić information content (AvgIpc) is 2.78. The van der Waals surface area contributed by atoms with Crippen molar-refractivity contribution in [3.63, 3.8) is 0 Å². The average molecular weight is 338 g/mol. The van der Waals surface area contributed by atoms with Crippen LogP contribution in [0.5, 0.6) is 5.75 Å². The van der Waals surface area contributed by atoms with Gasteiger partial charge in [-0.05, 0) is 45.7 Å². The number of halogens is 1. The molecule has 3 N–H and O–H groups in total. The maximum atomic E-state index is 13.2. The zero-order valence-corrected chi connectivity index (χ0v) is 14.5. The molecule has 1 amide bonds. The third-order valence-corrected chi connectivity index (χ3v) is 3.98. The Labute approximate surface area is 142 Å². The third kappa shape index (κ3) is 5.76. The quantitative estimate of drug-likeness (QED) is 0.740. The first kappa shape index (κ1) is 18.7. The van der Waals surface area contributed by atoms with Crippen LogP contribution in [0.15, 0.2) is 24.3 Å². The molecule has 6 heteroatoms. The Hall–Kier alpha value is -1.66. The van der Waals surface area contributed by atoms with Gasteiger partial charge in [-0.2, -0.15) is 0 Å². The molecule has 1 aromatic rings. The van der Waals surface area contributed by atoms with Crippen LogP contribution in [-0.2, 0) is 4.79 Å². The molecule has 0 bridgehead atoms. The first-order valence-electron chi connectivity index (χ1n) is 8.36. The second-order valence-corrected chi connectivity index (χ2v) is 7.37. The molecule has 1 aliphatic rings. The van der Waals surface area contributed by atoms with Gasteiger partial charge in [-0.25, -0.2) is 4.39 Å². The van der Waals surface area contributed by atoms with Crippen LogP contribution in [0.3, 0.4) is 0 Å². The van der Waals surface area contributed by atoms with E-state index in [1.165, 1.54) is 12.1 Å². The molecule has 0 spiro atoms. The van der Waals surface area contributed by atoms with Gasteiger partial charge in [-0.3, -0.25) is 4.79 Å². The minimum atomic E-state index is -0.633. The van der Waals surface area contributed by atoms with Crippen molar-refractivity contribution >= 4 is 5.91 Å². The highest BCUT2D eigenvalue weighted by Gasteiger charge is 2.36. The van der Waals surface area contributed by atoms with Crippen LogP contribution in [0.4, 0.5) is 4.39 Å². The molecule has 1 aromatic carbocycles. The van der Waals surface area contributed by atoms with Gasteiger partial charge in [0.2, 0.25) is 5.91 Å². The topological polar surface area (TPSA) is 70.6 Å². The number of rotatable bonds is 6. The number of carbonyl (C=O) groups excluding carboxylic acids is 1. The number of aliphatic hydroxyl groups is 1. The number of amides is 1. The van der Waals surface area contributed by atoms with Gasteiger partial charge in [0.15, 0.2) is 0 Å². The summed E-state index contributed by atoms with van der Waals surface area (Å²) in [5.74, 6) is 0.0221. The molecule has 2 rings (SSSR count). The summed E-state index contributed by atoms with van der Waals surface area (Å²) in [6, 6.07) is 5.93. The molecule has 0 aliphatic heterocycles. The van der Waals surface area contributed by atoms with E-state index in [1.54, 1.807) is 12.1 Å². The molecular formula is C18H27FN2O3. The summed E-state index contributed by atoms with van der Waals surface area (Å²) >= 11 is 0. The summed E-state index contributed by atoms with van der Waals surface area (Å²) in [6.45, 7) is 6.55. The van der Waals surface area contributed by atoms with Crippen LogP contribution in [0.1, 0.15) is 33.6 Å². The Bertz CT molecular complexity index is 559. The Kier molecular flexibility index (Phi) is 6.18. The van der Waals surface area contributed by atoms with Crippen molar-refractivity contribution in [2.75, 3.05) is 13.1 Å². The SMILES string of the molecule is CC(C)(C)NC(=O)CNC[C@H]1CC[C@@H](Oc2cccc(F)c2)[C@@H]1O. The number of ether oxygens (including phenoxy) is 1. The molecule has 1 saturated carbocycles. The molecule has 3 atom stereocenters. The number of benzene rings is 1. The molecule has 134 valence electrons. The van der Waals surface area contributed by atoms with E-state index in [-0.39, 0.29) is 35.8 Å². The number of aliphatic hydroxyl groups excluding tert-OH is 1. The van der Waals surface area contributed by atoms with Crippen LogP contribution >= 0.6 is 0 Å². The van der Waals surface area contributed by atoms with Crippen LogP contribution in [0.25, 0.3) is 0 Å². The predicted molar refractivity (Wildman–Crippen MR) is 90.3 cm³/mol. The molecule has 5 nitrogen and oxygen atoms in total. The fourth-order valence-corrected chi connectivity index (χ4v) is 2.92. The van der Waals surface area contributed by atoms with Crippen molar-refractivity contribution in [3.05, 3.63) is 30.1 Å². The summed E-state index contributed by atoms with van der Waals surface area (Å²) in [6.07, 6.45) is 0.529. The Balaban J connectivity index is 1.75. The van der Waals surface area contributed by atoms with Crippen molar-refractivity contribution < 1.29 is 19.0 Å². The van der Waals surface area contributed by atoms with Gasteiger partial charge in [0, 0.05) is 24.1 Å². The fourth-order valence-electron chi connectivity index (χ4n) is 2.92. The minimum absolute atomic E-state index is 0.0194. The first-order valence-corrected chi connectivity index (χ1v) is 8.36. The zero-order valence-electron chi connectivity index (χ0n) is 14.5. The maximum Gasteiger partial charge on any atom is 0.234 e. The molecule has 0 saturated heterocycles. The van der Waals surface area contributed by atoms with E-state index in [1.807, 2.05) is 20.8 Å². The second kappa shape index (κ2) is 7.94. The number of carbonyl (C=O) groups is 1. The second-order valence-electron chi connectivity index (χ2n) is 7.37. The highest BCUT2D eigenvalue weighted by atomic mass is 19.1. The maximum absolute atomic E-state index is 13.2. The summed E-state index contributed by atoms with van der Waals surface area (Å²) in [5.41, 5.74) is -0.254. The lowest BCUT2D eigenvalue weighted by atomic mass is 10.1. The Morgan fingerprint density at radius 1 is 1.38 bits per heavy atom. The Morgan fingerprint density at radius 2 is 2.12 bits per heavy atom. The summed E-state index contributed by atoms with van der Waals surface area (Å²) < 4.78 is 18.9. The molecular weight excluding hydrogens is 311 g/mol. The summed E-state index contributed by atoms with van der Waals surface area (Å²) in [5, 5.41) is 16.3. The largest absolute Gasteiger partial charge is 0.488 e. The zero-order chi connectivity index (χ0) is 17.7. The lowest BCUT2D eigenvalue weighted by Crippen LogP contribution is -2.46. The van der Waals surface area contributed by atoms with Crippen molar-refractivity contribution in [1.29, 1.82) is 0 Å². The van der Waals surface area contributed by atoms with Crippen LogP contribution in [0, 0.1) is 11.7 Å². The number of hydrogen-bond donors (Lipinski definition) is 3. The lowest BCUT2D eigenvalue weighted by Gasteiger charge is -2.22. The van der Waals surface area contributed by atoms with Crippen LogP contribution in [0.2, 0.25) is 0 Å². The standard InChI is InChI=1S/C18H27FN2O3/c1-18(2,3)21-16(22)11-20-10-12-7-8-15(17(12)23)24-14-6-4-5-13(19)9-14/h4-6,9,12,15,17,20,23H,7-8,10-11H2,1-3H3,(H,21,22)/t12-,15-,17-/m1/s1. The molecule has 1 aliphatic carbocycles. The van der Waals surface area contributed by atoms with Crippen molar-refractivity contribution in [1.82, 2.24) is 10.6 Å². The van der Waals surface area contributed by atoms with E-state index in [2.05, 4.69) is 10.6 Å². The molecule has 1 fully saturated rings. The van der Waals surface area contributed by atoms with Gasteiger partial charge < -0.3 is 20.5 Å². The number of nitrogens with one attached hydrogen (secondary N) is 2. The lowest BCUT2D eigenvalue weighted by molar-refractivity contribution is -0.121. The normalized spacial score (nSPS) is 24.0. The fraction of sp³-hybridized carbons (Fsp3) is 0.611. The van der Waals surface area contributed by atoms with E-state index < -0.39 is 6.10 Å². The highest BCUT2D eigenvalue weighted by Crippen LogP contribution is 2.29. The van der Waals surface area contributed by atoms with Crippen molar-refractivity contribution in [3.8, 4) is 5.75 Å². The molecule has 0 heterocycles. The molecule has 24 heavy (non-hydrogen) atoms. The van der Waals surface area contributed by atoms with Crippen LogP contribution < -0.4 is 15.4 Å². The van der Waals surface area contributed by atoms with E-state index in [0.717, 1.165) is 6.42 Å². The van der Waals surface area contributed by atoms with E-state index in [9.17, 15) is 14.3 Å². The first-order chi connectivity index (χ1) is 11.2. The van der Waals surface area contributed by atoms with E-state index >= 15 is 0 Å². The summed E-state index contributed by atoms with van der Waals surface area (Å²) in [4.78, 5) is 11.8. The van der Waals surface area contributed by atoms with Crippen molar-refractivity contribution in [2.45, 2.75) is 51.4 Å². The summed E-state index contributed by atoms with van der Waals surface area (Å²) in [7, 11) is 0. The van der Waals surface area contributed by atoms with E-state index in [0.29, 0.717) is 18.7 Å². The Morgan fingerprint density at radius 3 is 2.79 bits per heavy atom. The smallest absolute Gasteiger partial charge is 0.234 e. The monoisotopic (exact) mass is 338 g/mol. The molecule has 0 aromatic heterocycles. The predicted octanol–water partition coefficient (Wildman–Crippen LogP) is 1.85. The third-order valence-electron chi connectivity index (χ3n) is 3.98. The number of hydrogen-bond acceptors (Lipinski definition) is 4. The van der Waals surface area contributed by atoms with Gasteiger partial charge >= 0.3 is 0 Å². The van der Waals surface area contributed by atoms with Crippen molar-refractivity contribution in [2.24, 2.45) is 5.92 Å². The minimum Gasteiger partial charge on any atom is -0.488 e. The highest BCUT2D eigenvalue weighted by molar-refractivity contribution is 5.78. The van der Waals surface area contributed by atoms with Gasteiger partial charge in [0.1, 0.15) is 17.7 Å². The van der Waals surface area contributed by atoms with Crippen LogP contribution in [-0.4, -0.2) is 41.9 Å². The van der Waals surface area contributed by atoms with Gasteiger partial charge in [-0.1, -0.05) is 6.07 Å². The van der Waals surface area contributed by atoms with Gasteiger partial charge in [-0.15, -0.1) is 0 Å².